The second-order valence-corrected chi connectivity index (χ2v) is 7.60. The van der Waals surface area contributed by atoms with Crippen LogP contribution in [0.25, 0.3) is 10.9 Å². The second kappa shape index (κ2) is 8.81. The summed E-state index contributed by atoms with van der Waals surface area (Å²) in [4.78, 5) is 41.6. The third-order valence-corrected chi connectivity index (χ3v) is 4.87. The van der Waals surface area contributed by atoms with Crippen molar-refractivity contribution in [2.45, 2.75) is 30.3 Å². The molecule has 1 atom stereocenters. The number of imide groups is 1. The van der Waals surface area contributed by atoms with E-state index in [1.165, 1.54) is 4.90 Å². The summed E-state index contributed by atoms with van der Waals surface area (Å²) < 4.78 is 1.60. The maximum absolute atomic E-state index is 12.9. The van der Waals surface area contributed by atoms with Gasteiger partial charge in [0, 0.05) is 13.0 Å². The van der Waals surface area contributed by atoms with E-state index in [1.54, 1.807) is 29.7 Å². The van der Waals surface area contributed by atoms with Crippen LogP contribution in [0.1, 0.15) is 13.3 Å². The van der Waals surface area contributed by atoms with Crippen molar-refractivity contribution in [1.29, 1.82) is 0 Å². The van der Waals surface area contributed by atoms with Crippen molar-refractivity contribution in [3.05, 3.63) is 34.6 Å². The molecule has 0 radical (unpaired) electrons. The number of primary amides is 1. The number of benzene rings is 1. The molecule has 0 unspecified atom stereocenters. The van der Waals surface area contributed by atoms with Gasteiger partial charge in [0.05, 0.1) is 36.8 Å². The summed E-state index contributed by atoms with van der Waals surface area (Å²) in [6.07, 6.45) is 0.803. The minimum absolute atomic E-state index is 0.130. The Morgan fingerprint density at radius 3 is 2.69 bits per heavy atom. The Morgan fingerprint density at radius 2 is 2.04 bits per heavy atom. The number of thioether (sulfide) groups is 1. The first kappa shape index (κ1) is 19.9. The number of quaternary nitrogens is 1. The largest absolute Gasteiger partial charge is 0.351 e. The lowest BCUT2D eigenvalue weighted by Gasteiger charge is -2.16. The van der Waals surface area contributed by atoms with Gasteiger partial charge in [0.1, 0.15) is 0 Å². The number of aromatic nitrogens is 2. The van der Waals surface area contributed by atoms with Crippen LogP contribution in [0.5, 0.6) is 0 Å². The summed E-state index contributed by atoms with van der Waals surface area (Å²) in [6, 6.07) is 6.22. The zero-order valence-electron chi connectivity index (χ0n) is 15.1. The molecule has 9 heteroatoms. The van der Waals surface area contributed by atoms with Crippen molar-refractivity contribution >= 4 is 34.6 Å². The third-order valence-electron chi connectivity index (χ3n) is 3.78. The molecule has 0 spiro atoms. The van der Waals surface area contributed by atoms with Gasteiger partial charge in [-0.25, -0.2) is 9.78 Å². The Hall–Kier alpha value is -2.39. The number of nitrogens with two attached hydrogens (primary N) is 1. The quantitative estimate of drug-likeness (QED) is 0.449. The van der Waals surface area contributed by atoms with E-state index in [4.69, 9.17) is 5.73 Å². The molecule has 0 bridgehead atoms. The van der Waals surface area contributed by atoms with Gasteiger partial charge in [-0.3, -0.25) is 19.5 Å². The van der Waals surface area contributed by atoms with E-state index < -0.39 is 17.2 Å². The molecule has 0 aliphatic heterocycles. The topological polar surface area (TPSA) is 112 Å². The number of nitrogens with one attached hydrogen (secondary N) is 2. The molecule has 2 rings (SSSR count). The van der Waals surface area contributed by atoms with Crippen LogP contribution in [0.15, 0.2) is 34.2 Å². The van der Waals surface area contributed by atoms with Crippen LogP contribution in [-0.2, 0) is 11.3 Å². The SMILES string of the molecule is C[C@@H](Sc1nc2ccccc2c(=O)n1CCC[NH+](C)C)C(=O)NC(N)=O. The van der Waals surface area contributed by atoms with Gasteiger partial charge in [-0.1, -0.05) is 23.9 Å². The molecule has 8 nitrogen and oxygen atoms in total. The first-order valence-corrected chi connectivity index (χ1v) is 9.23. The molecule has 0 saturated carbocycles. The molecule has 26 heavy (non-hydrogen) atoms. The van der Waals surface area contributed by atoms with Crippen LogP contribution in [0.3, 0.4) is 0 Å². The lowest BCUT2D eigenvalue weighted by molar-refractivity contribution is -0.858. The van der Waals surface area contributed by atoms with Crippen LogP contribution in [0.2, 0.25) is 0 Å². The standard InChI is InChI=1S/C17H23N5O3S/c1-11(14(23)20-16(18)25)26-17-19-13-8-5-4-7-12(13)15(24)22(17)10-6-9-21(2)3/h4-5,7-8,11H,6,9-10H2,1-3H3,(H3,18,20,23,25)/p+1/t11-/m1/s1. The van der Waals surface area contributed by atoms with Gasteiger partial charge in [0.15, 0.2) is 5.16 Å². The van der Waals surface area contributed by atoms with Crippen LogP contribution in [0, 0.1) is 0 Å². The first-order valence-electron chi connectivity index (χ1n) is 8.35. The minimum atomic E-state index is -0.903. The number of para-hydroxylation sites is 1. The van der Waals surface area contributed by atoms with Gasteiger partial charge in [-0.2, -0.15) is 0 Å². The van der Waals surface area contributed by atoms with Crippen molar-refractivity contribution in [3.63, 3.8) is 0 Å². The summed E-state index contributed by atoms with van der Waals surface area (Å²) in [5.74, 6) is -0.519. The highest BCUT2D eigenvalue weighted by Gasteiger charge is 2.20. The van der Waals surface area contributed by atoms with Gasteiger partial charge < -0.3 is 10.6 Å². The van der Waals surface area contributed by atoms with E-state index >= 15 is 0 Å². The van der Waals surface area contributed by atoms with Crippen molar-refractivity contribution in [2.75, 3.05) is 20.6 Å². The molecule has 0 aliphatic carbocycles. The number of carbonyl (C=O) groups excluding carboxylic acids is 2. The first-order chi connectivity index (χ1) is 12.3. The summed E-state index contributed by atoms with van der Waals surface area (Å²) in [5.41, 5.74) is 5.44. The third kappa shape index (κ3) is 5.06. The number of rotatable bonds is 7. The maximum atomic E-state index is 12.9. The Balaban J connectivity index is 2.36. The summed E-state index contributed by atoms with van der Waals surface area (Å²) in [6.45, 7) is 3.05. The minimum Gasteiger partial charge on any atom is -0.351 e. The van der Waals surface area contributed by atoms with Crippen molar-refractivity contribution in [1.82, 2.24) is 14.9 Å². The van der Waals surface area contributed by atoms with Crippen LogP contribution < -0.4 is 21.5 Å². The van der Waals surface area contributed by atoms with Gasteiger partial charge in [0.2, 0.25) is 5.91 Å². The Bertz CT molecular complexity index is 865. The van der Waals surface area contributed by atoms with E-state index in [-0.39, 0.29) is 5.56 Å². The number of nitrogens with zero attached hydrogens (tertiary/aromatic N) is 2. The van der Waals surface area contributed by atoms with E-state index in [0.29, 0.717) is 22.6 Å². The van der Waals surface area contributed by atoms with Crippen LogP contribution >= 0.6 is 11.8 Å². The second-order valence-electron chi connectivity index (χ2n) is 6.29. The summed E-state index contributed by atoms with van der Waals surface area (Å²) >= 11 is 1.13. The molecule has 0 aliphatic rings. The molecule has 0 saturated heterocycles. The fraction of sp³-hybridized carbons (Fsp3) is 0.412. The Morgan fingerprint density at radius 1 is 1.35 bits per heavy atom. The van der Waals surface area contributed by atoms with E-state index in [2.05, 4.69) is 10.3 Å². The molecule has 1 aromatic heterocycles. The lowest BCUT2D eigenvalue weighted by atomic mass is 10.2. The van der Waals surface area contributed by atoms with Crippen LogP contribution in [-0.4, -0.2) is 47.4 Å². The lowest BCUT2D eigenvalue weighted by Crippen LogP contribution is -3.05. The van der Waals surface area contributed by atoms with E-state index in [0.717, 1.165) is 24.7 Å². The molecule has 3 amide bonds. The van der Waals surface area contributed by atoms with Crippen molar-refractivity contribution in [3.8, 4) is 0 Å². The number of hydrogen-bond donors (Lipinski definition) is 3. The molecule has 4 N–H and O–H groups in total. The molecule has 1 heterocycles. The van der Waals surface area contributed by atoms with Gasteiger partial charge in [0.25, 0.3) is 5.56 Å². The molecule has 0 fully saturated rings. The molecule has 1 aromatic carbocycles. The highest BCUT2D eigenvalue weighted by Crippen LogP contribution is 2.22. The van der Waals surface area contributed by atoms with Crippen LogP contribution in [0.4, 0.5) is 4.79 Å². The predicted octanol–water partition coefficient (Wildman–Crippen LogP) is -0.393. The van der Waals surface area contributed by atoms with E-state index in [9.17, 15) is 14.4 Å². The smallest absolute Gasteiger partial charge is 0.318 e. The van der Waals surface area contributed by atoms with Gasteiger partial charge in [-0.15, -0.1) is 0 Å². The average Bonchev–Trinajstić information content (AvgIpc) is 2.56. The number of hydrogen-bond acceptors (Lipinski definition) is 5. The van der Waals surface area contributed by atoms with Crippen molar-refractivity contribution in [2.24, 2.45) is 5.73 Å². The fourth-order valence-corrected chi connectivity index (χ4v) is 3.39. The highest BCUT2D eigenvalue weighted by atomic mass is 32.2. The van der Waals surface area contributed by atoms with Crippen molar-refractivity contribution < 1.29 is 14.5 Å². The molecule has 2 aromatic rings. The molecule has 140 valence electrons. The summed E-state index contributed by atoms with van der Waals surface area (Å²) in [7, 11) is 4.10. The van der Waals surface area contributed by atoms with Gasteiger partial charge >= 0.3 is 6.03 Å². The zero-order valence-corrected chi connectivity index (χ0v) is 15.9. The van der Waals surface area contributed by atoms with Gasteiger partial charge in [-0.05, 0) is 19.1 Å². The molecular formula is C17H24N5O3S+. The van der Waals surface area contributed by atoms with E-state index in [1.807, 2.05) is 20.2 Å². The number of urea groups is 1. The number of fused-ring (bicyclic) bond motifs is 1. The predicted molar refractivity (Wildman–Crippen MR) is 101 cm³/mol. The zero-order chi connectivity index (χ0) is 19.3. The highest BCUT2D eigenvalue weighted by molar-refractivity contribution is 8.00. The normalized spacial score (nSPS) is 12.3. The monoisotopic (exact) mass is 378 g/mol. The Kier molecular flexibility index (Phi) is 6.76. The molecular weight excluding hydrogens is 354 g/mol. The number of amides is 3. The number of carbonyl (C=O) groups is 2. The maximum Gasteiger partial charge on any atom is 0.318 e. The fourth-order valence-electron chi connectivity index (χ4n) is 2.46. The summed E-state index contributed by atoms with van der Waals surface area (Å²) in [5, 5.41) is 2.43. The Labute approximate surface area is 155 Å². The average molecular weight is 378 g/mol.